The first kappa shape index (κ1) is 41.5. The van der Waals surface area contributed by atoms with Gasteiger partial charge >= 0.3 is 0 Å². The van der Waals surface area contributed by atoms with Crippen LogP contribution in [-0.4, -0.2) is 91.5 Å². The highest BCUT2D eigenvalue weighted by molar-refractivity contribution is 5.74. The Hall–Kier alpha value is -1.91. The van der Waals surface area contributed by atoms with Crippen LogP contribution in [0.3, 0.4) is 0 Å². The fourth-order valence-electron chi connectivity index (χ4n) is 9.32. The Kier molecular flexibility index (Phi) is 16.6. The van der Waals surface area contributed by atoms with Crippen LogP contribution >= 0.6 is 0 Å². The maximum atomic E-state index is 12.4. The molecule has 3 rings (SSSR count). The number of carbonyl (C=O) groups excluding carboxylic acids is 1. The maximum Gasteiger partial charge on any atom is 0.145 e. The van der Waals surface area contributed by atoms with Crippen molar-refractivity contribution in [1.29, 1.82) is 0 Å². The topological polar surface area (TPSA) is 131 Å². The Bertz CT molecular complexity index is 1200. The molecule has 3 fully saturated rings. The number of methoxy groups -OCH3 is 1. The predicted molar refractivity (Wildman–Crippen MR) is 199 cm³/mol. The Morgan fingerprint density at radius 2 is 1.90 bits per heavy atom. The lowest BCUT2D eigenvalue weighted by atomic mass is 9.51. The van der Waals surface area contributed by atoms with E-state index in [0.717, 1.165) is 61.8 Å². The third-order valence-corrected chi connectivity index (χ3v) is 12.5. The number of carbonyl (C=O) groups is 1. The summed E-state index contributed by atoms with van der Waals surface area (Å²) in [6, 6.07) is 0.396. The molecule has 0 saturated heterocycles. The van der Waals surface area contributed by atoms with Gasteiger partial charge in [-0.3, -0.25) is 4.79 Å². The van der Waals surface area contributed by atoms with Crippen LogP contribution in [0, 0.1) is 22.7 Å². The Morgan fingerprint density at radius 1 is 1.16 bits per heavy atom. The maximum absolute atomic E-state index is 12.4. The minimum atomic E-state index is -1.15. The second-order valence-corrected chi connectivity index (χ2v) is 15.3. The highest BCUT2D eigenvalue weighted by Crippen LogP contribution is 2.64. The van der Waals surface area contributed by atoms with Crippen LogP contribution in [0.25, 0.3) is 0 Å². The lowest BCUT2D eigenvalue weighted by molar-refractivity contribution is -0.180. The molecule has 0 amide bonds. The second kappa shape index (κ2) is 19.6. The normalized spacial score (nSPS) is 30.8. The van der Waals surface area contributed by atoms with Gasteiger partial charge in [0, 0.05) is 44.2 Å². The lowest BCUT2D eigenvalue weighted by Gasteiger charge is -2.57. The van der Waals surface area contributed by atoms with Gasteiger partial charge in [-0.15, -0.1) is 0 Å². The molecule has 0 bridgehead atoms. The van der Waals surface area contributed by atoms with Crippen molar-refractivity contribution in [3.05, 3.63) is 58.7 Å². The van der Waals surface area contributed by atoms with Crippen molar-refractivity contribution in [3.8, 4) is 0 Å². The van der Waals surface area contributed by atoms with Crippen LogP contribution in [0.5, 0.6) is 0 Å². The number of nitrogens with one attached hydrogen (secondary N) is 2. The molecule has 49 heavy (non-hydrogen) atoms. The van der Waals surface area contributed by atoms with E-state index in [-0.39, 0.29) is 30.5 Å². The summed E-state index contributed by atoms with van der Waals surface area (Å²) in [6.45, 7) is 12.8. The molecular weight excluding hydrogens is 616 g/mol. The van der Waals surface area contributed by atoms with E-state index in [0.29, 0.717) is 63.1 Å². The molecule has 8 nitrogen and oxygen atoms in total. The third kappa shape index (κ3) is 9.70. The molecule has 1 spiro atoms. The summed E-state index contributed by atoms with van der Waals surface area (Å²) in [5.41, 5.74) is 2.81. The smallest absolute Gasteiger partial charge is 0.145 e. The quantitative estimate of drug-likeness (QED) is 0.0416. The van der Waals surface area contributed by atoms with E-state index >= 15 is 0 Å². The number of aldehydes is 1. The minimum absolute atomic E-state index is 0.00671. The summed E-state index contributed by atoms with van der Waals surface area (Å²) >= 11 is 0. The zero-order chi connectivity index (χ0) is 36.1. The van der Waals surface area contributed by atoms with E-state index in [2.05, 4.69) is 43.2 Å². The second-order valence-electron chi connectivity index (χ2n) is 15.3. The predicted octanol–water partition coefficient (Wildman–Crippen LogP) is 5.72. The standard InChI is InChI=1S/C41H68N2O6/c1-30(27-43-33(4)17-26-49-6)14-20-39(18-7-8-19-39)32(3)11-9-12-34(29-46)36-16-22-41(38(36)47)37(13-10-25-44)35(31(2)28-45)15-21-40(41,48)23-24-42-5/h9,11-12,14,28,33,36-38,42-44,46-48H,3,7-8,10,13,15-27,29H2,1-2,4-6H3. The van der Waals surface area contributed by atoms with Crippen molar-refractivity contribution in [2.45, 2.75) is 122 Å². The van der Waals surface area contributed by atoms with Gasteiger partial charge in [0.05, 0.1) is 18.3 Å². The molecular formula is C41H68N2O6. The van der Waals surface area contributed by atoms with Crippen LogP contribution in [0.15, 0.2) is 58.7 Å². The van der Waals surface area contributed by atoms with E-state index in [4.69, 9.17) is 4.74 Å². The van der Waals surface area contributed by atoms with E-state index in [1.54, 1.807) is 7.11 Å². The molecule has 6 N–H and O–H groups in total. The number of hydrogen-bond donors (Lipinski definition) is 6. The van der Waals surface area contributed by atoms with Gasteiger partial charge in [0.2, 0.25) is 0 Å². The molecule has 3 saturated carbocycles. The van der Waals surface area contributed by atoms with Crippen molar-refractivity contribution in [1.82, 2.24) is 10.6 Å². The Labute approximate surface area is 296 Å². The van der Waals surface area contributed by atoms with E-state index < -0.39 is 17.1 Å². The first-order valence-corrected chi connectivity index (χ1v) is 18.8. The van der Waals surface area contributed by atoms with Gasteiger partial charge in [-0.1, -0.05) is 54.9 Å². The summed E-state index contributed by atoms with van der Waals surface area (Å²) in [5.74, 6) is -0.570. The SMILES string of the molecule is C=C(C=CC=C(CO)C1CCC2(C(CCCO)C(=C(C)C=O)CCC2(O)CCNC)C1O)C1(CC=C(C)CNC(C)CCOC)CCCC1. The van der Waals surface area contributed by atoms with E-state index in [1.165, 1.54) is 18.4 Å². The Morgan fingerprint density at radius 3 is 2.53 bits per heavy atom. The molecule has 0 heterocycles. The minimum Gasteiger partial charge on any atom is -0.396 e. The number of hydrogen-bond acceptors (Lipinski definition) is 8. The molecule has 0 aromatic carbocycles. The molecule has 0 aromatic heterocycles. The first-order valence-electron chi connectivity index (χ1n) is 18.8. The number of aliphatic hydroxyl groups excluding tert-OH is 3. The van der Waals surface area contributed by atoms with E-state index in [9.17, 15) is 25.2 Å². The molecule has 3 aliphatic carbocycles. The van der Waals surface area contributed by atoms with Crippen molar-refractivity contribution < 1.29 is 30.0 Å². The van der Waals surface area contributed by atoms with Crippen LogP contribution in [-0.2, 0) is 9.53 Å². The van der Waals surface area contributed by atoms with Gasteiger partial charge in [-0.2, -0.15) is 0 Å². The van der Waals surface area contributed by atoms with Crippen LogP contribution in [0.4, 0.5) is 0 Å². The number of rotatable bonds is 20. The average Bonchev–Trinajstić information content (AvgIpc) is 3.73. The molecule has 6 atom stereocenters. The van der Waals surface area contributed by atoms with Gasteiger partial charge in [-0.25, -0.2) is 0 Å². The summed E-state index contributed by atoms with van der Waals surface area (Å²) in [6.07, 6.45) is 18.7. The van der Waals surface area contributed by atoms with E-state index in [1.807, 2.05) is 26.1 Å². The molecule has 278 valence electrons. The lowest BCUT2D eigenvalue weighted by Crippen LogP contribution is -2.61. The fourth-order valence-corrected chi connectivity index (χ4v) is 9.32. The van der Waals surface area contributed by atoms with Crippen LogP contribution in [0.1, 0.15) is 104 Å². The van der Waals surface area contributed by atoms with Crippen LogP contribution in [0.2, 0.25) is 0 Å². The van der Waals surface area contributed by atoms with Crippen molar-refractivity contribution in [2.24, 2.45) is 22.7 Å². The summed E-state index contributed by atoms with van der Waals surface area (Å²) in [5, 5.41) is 52.0. The van der Waals surface area contributed by atoms with Gasteiger partial charge in [0.25, 0.3) is 0 Å². The number of aliphatic hydroxyl groups is 4. The third-order valence-electron chi connectivity index (χ3n) is 12.5. The average molecular weight is 685 g/mol. The molecule has 0 aromatic rings. The van der Waals surface area contributed by atoms with Crippen molar-refractivity contribution in [3.63, 3.8) is 0 Å². The number of allylic oxidation sites excluding steroid dienone is 7. The zero-order valence-corrected chi connectivity index (χ0v) is 31.2. The zero-order valence-electron chi connectivity index (χ0n) is 31.2. The monoisotopic (exact) mass is 685 g/mol. The Balaban J connectivity index is 1.85. The summed E-state index contributed by atoms with van der Waals surface area (Å²) < 4.78 is 5.21. The molecule has 3 aliphatic rings. The van der Waals surface area contributed by atoms with Crippen molar-refractivity contribution in [2.75, 3.05) is 47.1 Å². The summed E-state index contributed by atoms with van der Waals surface area (Å²) in [7, 11) is 3.60. The van der Waals surface area contributed by atoms with Gasteiger partial charge < -0.3 is 35.8 Å². The highest BCUT2D eigenvalue weighted by atomic mass is 16.5. The van der Waals surface area contributed by atoms with Gasteiger partial charge in [-0.05, 0) is 133 Å². The molecule has 0 aliphatic heterocycles. The molecule has 6 unspecified atom stereocenters. The first-order chi connectivity index (χ1) is 23.5. The molecule has 0 radical (unpaired) electrons. The highest BCUT2D eigenvalue weighted by Gasteiger charge is 2.65. The number of ether oxygens (including phenoxy) is 1. The fraction of sp³-hybridized carbons (Fsp3) is 0.732. The van der Waals surface area contributed by atoms with Gasteiger partial charge in [0.1, 0.15) is 6.29 Å². The largest absolute Gasteiger partial charge is 0.396 e. The molecule has 8 heteroatoms. The van der Waals surface area contributed by atoms with Crippen LogP contribution < -0.4 is 10.6 Å². The van der Waals surface area contributed by atoms with Crippen molar-refractivity contribution >= 4 is 6.29 Å². The summed E-state index contributed by atoms with van der Waals surface area (Å²) in [4.78, 5) is 12.0. The van der Waals surface area contributed by atoms with Gasteiger partial charge in [0.15, 0.2) is 0 Å².